The Bertz CT molecular complexity index is 1020. The van der Waals surface area contributed by atoms with Crippen LogP contribution >= 0.6 is 27.7 Å². The van der Waals surface area contributed by atoms with E-state index in [2.05, 4.69) is 31.5 Å². The average molecular weight is 484 g/mol. The van der Waals surface area contributed by atoms with Crippen molar-refractivity contribution in [1.82, 2.24) is 10.3 Å². The van der Waals surface area contributed by atoms with E-state index in [1.807, 2.05) is 50.2 Å². The lowest BCUT2D eigenvalue weighted by atomic mass is 10.1. The average Bonchev–Trinajstić information content (AvgIpc) is 2.71. The van der Waals surface area contributed by atoms with Gasteiger partial charge in [0.1, 0.15) is 5.03 Å². The van der Waals surface area contributed by atoms with Crippen LogP contribution in [0.2, 0.25) is 0 Å². The molecule has 1 heterocycles. The van der Waals surface area contributed by atoms with Gasteiger partial charge in [0.2, 0.25) is 5.91 Å². The number of carbonyl (C=O) groups excluding carboxylic acids is 2. The van der Waals surface area contributed by atoms with Gasteiger partial charge in [-0.15, -0.1) is 0 Å². The number of nitrogens with one attached hydrogen (secondary N) is 2. The monoisotopic (exact) mass is 483 g/mol. The Hall–Kier alpha value is -2.64. The highest BCUT2D eigenvalue weighted by Gasteiger charge is 2.14. The summed E-state index contributed by atoms with van der Waals surface area (Å²) in [5.74, 6) is -0.250. The first-order valence-electron chi connectivity index (χ1n) is 9.49. The summed E-state index contributed by atoms with van der Waals surface area (Å²) < 4.78 is 0.996. The lowest BCUT2D eigenvalue weighted by Gasteiger charge is -2.11. The number of anilines is 1. The predicted octanol–water partition coefficient (Wildman–Crippen LogP) is 5.31. The maximum atomic E-state index is 12.8. The van der Waals surface area contributed by atoms with Crippen LogP contribution in [0.15, 0.2) is 81.3 Å². The van der Waals surface area contributed by atoms with E-state index < -0.39 is 0 Å². The molecule has 2 N–H and O–H groups in total. The lowest BCUT2D eigenvalue weighted by molar-refractivity contribution is -0.120. The molecule has 0 aliphatic rings. The molecule has 0 radical (unpaired) electrons. The Morgan fingerprint density at radius 3 is 2.40 bits per heavy atom. The summed E-state index contributed by atoms with van der Waals surface area (Å²) in [5, 5.41) is 6.41. The van der Waals surface area contributed by atoms with Gasteiger partial charge in [0, 0.05) is 27.3 Å². The number of carbonyl (C=O) groups is 2. The molecule has 1 aromatic heterocycles. The van der Waals surface area contributed by atoms with Crippen molar-refractivity contribution in [1.29, 1.82) is 0 Å². The minimum atomic E-state index is -0.229. The Morgan fingerprint density at radius 2 is 1.73 bits per heavy atom. The minimum absolute atomic E-state index is 0.0215. The van der Waals surface area contributed by atoms with Gasteiger partial charge in [-0.2, -0.15) is 0 Å². The summed E-state index contributed by atoms with van der Waals surface area (Å²) in [6.07, 6.45) is 1.98. The third-order valence-corrected chi connectivity index (χ3v) is 5.63. The first-order chi connectivity index (χ1) is 14.4. The van der Waals surface area contributed by atoms with E-state index in [1.54, 1.807) is 30.5 Å². The number of halogens is 1. The van der Waals surface area contributed by atoms with Gasteiger partial charge in [-0.1, -0.05) is 39.8 Å². The maximum Gasteiger partial charge on any atom is 0.258 e. The molecular weight excluding hydrogens is 462 g/mol. The van der Waals surface area contributed by atoms with Gasteiger partial charge in [0.05, 0.1) is 12.0 Å². The summed E-state index contributed by atoms with van der Waals surface area (Å²) >= 11 is 4.86. The molecule has 0 saturated heterocycles. The van der Waals surface area contributed by atoms with Crippen molar-refractivity contribution in [3.63, 3.8) is 0 Å². The van der Waals surface area contributed by atoms with Crippen molar-refractivity contribution in [2.24, 2.45) is 0 Å². The van der Waals surface area contributed by atoms with Crippen LogP contribution in [0.5, 0.6) is 0 Å². The second kappa shape index (κ2) is 10.4. The van der Waals surface area contributed by atoms with Gasteiger partial charge in [0.15, 0.2) is 0 Å². The zero-order valence-electron chi connectivity index (χ0n) is 16.7. The maximum absolute atomic E-state index is 12.8. The molecule has 3 rings (SSSR count). The second-order valence-electron chi connectivity index (χ2n) is 6.96. The van der Waals surface area contributed by atoms with Crippen molar-refractivity contribution in [2.45, 2.75) is 36.2 Å². The second-order valence-corrected chi connectivity index (χ2v) is 8.94. The van der Waals surface area contributed by atoms with E-state index in [4.69, 9.17) is 0 Å². The van der Waals surface area contributed by atoms with E-state index in [-0.39, 0.29) is 17.9 Å². The van der Waals surface area contributed by atoms with Crippen molar-refractivity contribution >= 4 is 45.2 Å². The number of nitrogens with zero attached hydrogens (tertiary/aromatic N) is 1. The molecule has 0 aliphatic heterocycles. The highest BCUT2D eigenvalue weighted by molar-refractivity contribution is 9.10. The molecular formula is C23H22BrN3O2S. The van der Waals surface area contributed by atoms with Crippen LogP contribution in [0.1, 0.15) is 29.8 Å². The number of pyridine rings is 1. The molecule has 0 unspecified atom stereocenters. The van der Waals surface area contributed by atoms with Gasteiger partial charge in [-0.25, -0.2) is 4.98 Å². The van der Waals surface area contributed by atoms with Crippen LogP contribution in [0, 0.1) is 0 Å². The Balaban J connectivity index is 1.67. The topological polar surface area (TPSA) is 71.1 Å². The van der Waals surface area contributed by atoms with Crippen molar-refractivity contribution < 1.29 is 9.59 Å². The first-order valence-corrected chi connectivity index (χ1v) is 11.1. The first kappa shape index (κ1) is 22.1. The van der Waals surface area contributed by atoms with Crippen molar-refractivity contribution in [3.05, 3.63) is 82.5 Å². The van der Waals surface area contributed by atoms with E-state index in [9.17, 15) is 9.59 Å². The van der Waals surface area contributed by atoms with Crippen LogP contribution < -0.4 is 10.6 Å². The zero-order valence-corrected chi connectivity index (χ0v) is 19.1. The Morgan fingerprint density at radius 1 is 1.03 bits per heavy atom. The molecule has 7 heteroatoms. The summed E-state index contributed by atoms with van der Waals surface area (Å²) in [6, 6.07) is 18.7. The molecule has 0 bridgehead atoms. The molecule has 0 aliphatic carbocycles. The van der Waals surface area contributed by atoms with Crippen LogP contribution in [0.4, 0.5) is 5.69 Å². The van der Waals surface area contributed by atoms with Crippen molar-refractivity contribution in [3.8, 4) is 0 Å². The van der Waals surface area contributed by atoms with E-state index >= 15 is 0 Å². The number of aromatic nitrogens is 1. The van der Waals surface area contributed by atoms with E-state index in [0.29, 0.717) is 22.7 Å². The van der Waals surface area contributed by atoms with Crippen LogP contribution in [-0.4, -0.2) is 22.8 Å². The van der Waals surface area contributed by atoms with Gasteiger partial charge in [-0.3, -0.25) is 9.59 Å². The Labute approximate surface area is 188 Å². The predicted molar refractivity (Wildman–Crippen MR) is 124 cm³/mol. The highest BCUT2D eigenvalue weighted by Crippen LogP contribution is 2.30. The molecule has 0 spiro atoms. The highest BCUT2D eigenvalue weighted by atomic mass is 79.9. The van der Waals surface area contributed by atoms with Crippen LogP contribution in [0.3, 0.4) is 0 Å². The largest absolute Gasteiger partial charge is 0.354 e. The van der Waals surface area contributed by atoms with Gasteiger partial charge >= 0.3 is 0 Å². The molecule has 2 amide bonds. The molecule has 5 nitrogen and oxygen atoms in total. The fourth-order valence-electron chi connectivity index (χ4n) is 2.72. The van der Waals surface area contributed by atoms with Gasteiger partial charge in [0.25, 0.3) is 5.91 Å². The van der Waals surface area contributed by atoms with E-state index in [1.165, 1.54) is 11.8 Å². The molecule has 0 atom stereocenters. The standard InChI is InChI=1S/C23H22BrN3O2S/c1-15(2)26-21(28)14-16-5-9-18(10-6-16)27-22(29)20-4-3-13-25-23(20)30-19-11-7-17(24)8-12-19/h3-13,15H,14H2,1-2H3,(H,26,28)(H,27,29). The summed E-state index contributed by atoms with van der Waals surface area (Å²) in [5.41, 5.74) is 2.06. The molecule has 0 saturated carbocycles. The molecule has 0 fully saturated rings. The lowest BCUT2D eigenvalue weighted by Crippen LogP contribution is -2.31. The van der Waals surface area contributed by atoms with Crippen molar-refractivity contribution in [2.75, 3.05) is 5.32 Å². The third kappa shape index (κ3) is 6.43. The molecule has 2 aromatic carbocycles. The number of hydrogen-bond acceptors (Lipinski definition) is 4. The molecule has 30 heavy (non-hydrogen) atoms. The van der Waals surface area contributed by atoms with Gasteiger partial charge < -0.3 is 10.6 Å². The quantitative estimate of drug-likeness (QED) is 0.477. The molecule has 154 valence electrons. The molecule has 3 aromatic rings. The summed E-state index contributed by atoms with van der Waals surface area (Å²) in [7, 11) is 0. The smallest absolute Gasteiger partial charge is 0.258 e. The summed E-state index contributed by atoms with van der Waals surface area (Å²) in [4.78, 5) is 30.1. The minimum Gasteiger partial charge on any atom is -0.354 e. The zero-order chi connectivity index (χ0) is 21.5. The van der Waals surface area contributed by atoms with E-state index in [0.717, 1.165) is 14.9 Å². The number of rotatable bonds is 7. The SMILES string of the molecule is CC(C)NC(=O)Cc1ccc(NC(=O)c2cccnc2Sc2ccc(Br)cc2)cc1. The van der Waals surface area contributed by atoms with Crippen LogP contribution in [-0.2, 0) is 11.2 Å². The summed E-state index contributed by atoms with van der Waals surface area (Å²) in [6.45, 7) is 3.86. The normalized spacial score (nSPS) is 10.7. The fourth-order valence-corrected chi connectivity index (χ4v) is 3.87. The third-order valence-electron chi connectivity index (χ3n) is 4.07. The fraction of sp³-hybridized carbons (Fsp3) is 0.174. The van der Waals surface area contributed by atoms with Crippen LogP contribution in [0.25, 0.3) is 0 Å². The number of amides is 2. The number of benzene rings is 2. The number of hydrogen-bond donors (Lipinski definition) is 2. The van der Waals surface area contributed by atoms with Gasteiger partial charge in [-0.05, 0) is 67.9 Å². The Kier molecular flexibility index (Phi) is 7.65.